The van der Waals surface area contributed by atoms with Crippen LogP contribution >= 0.6 is 0 Å². The normalized spacial score (nSPS) is 9.33. The van der Waals surface area contributed by atoms with E-state index in [0.717, 1.165) is 4.90 Å². The van der Waals surface area contributed by atoms with Crippen LogP contribution < -0.4 is 18.9 Å². The molecule has 0 bridgehead atoms. The molecule has 1 rings (SSSR count). The van der Waals surface area contributed by atoms with E-state index in [9.17, 15) is 0 Å². The molecule has 0 radical (unpaired) electrons. The summed E-state index contributed by atoms with van der Waals surface area (Å²) in [6.07, 6.45) is 0. The molecule has 1 aromatic rings. The van der Waals surface area contributed by atoms with Crippen LogP contribution in [0.5, 0.6) is 0 Å². The van der Waals surface area contributed by atoms with Gasteiger partial charge >= 0.3 is 18.9 Å². The van der Waals surface area contributed by atoms with Crippen molar-refractivity contribution in [2.75, 3.05) is 0 Å². The van der Waals surface area contributed by atoms with Crippen molar-refractivity contribution < 1.29 is 18.9 Å². The van der Waals surface area contributed by atoms with Gasteiger partial charge in [-0.15, -0.1) is 0 Å². The van der Waals surface area contributed by atoms with E-state index in [1.165, 1.54) is 22.3 Å². The predicted octanol–water partition coefficient (Wildman–Crippen LogP) is -0.170. The quantitative estimate of drug-likeness (QED) is 0.387. The molecule has 0 saturated heterocycles. The molecule has 0 N–H and O–H groups in total. The van der Waals surface area contributed by atoms with E-state index in [-0.39, 0.29) is 18.9 Å². The van der Waals surface area contributed by atoms with E-state index in [2.05, 4.69) is 33.8 Å². The van der Waals surface area contributed by atoms with Crippen LogP contribution in [0.2, 0.25) is 0 Å². The van der Waals surface area contributed by atoms with E-state index >= 15 is 0 Å². The Morgan fingerprint density at radius 3 is 1.92 bits per heavy atom. The maximum Gasteiger partial charge on any atom is 1.00 e. The van der Waals surface area contributed by atoms with Gasteiger partial charge in [0.15, 0.2) is 0 Å². The second kappa shape index (κ2) is 4.32. The molecule has 0 saturated carbocycles. The first-order valence-corrected chi connectivity index (χ1v) is 4.19. The van der Waals surface area contributed by atoms with E-state index in [4.69, 9.17) is 12.6 Å². The van der Waals surface area contributed by atoms with E-state index in [0.29, 0.717) is 0 Å². The molecule has 0 unspecified atom stereocenters. The molecule has 0 nitrogen and oxygen atoms in total. The van der Waals surface area contributed by atoms with Crippen molar-refractivity contribution in [1.29, 1.82) is 0 Å². The van der Waals surface area contributed by atoms with Crippen molar-refractivity contribution in [3.63, 3.8) is 0 Å². The standard InChI is InChI=1S/C10H14S.Li/c1-6-5-7(2)10(11)9(4)8(6)3;/h5,11H,1-4H3;/q;+1/p-1. The fraction of sp³-hybridized carbons (Fsp3) is 0.400. The van der Waals surface area contributed by atoms with Crippen LogP contribution in [0.3, 0.4) is 0 Å². The van der Waals surface area contributed by atoms with Crippen molar-refractivity contribution in [3.05, 3.63) is 28.3 Å². The van der Waals surface area contributed by atoms with E-state index in [1.807, 2.05) is 0 Å². The zero-order valence-electron chi connectivity index (χ0n) is 8.49. The van der Waals surface area contributed by atoms with Gasteiger partial charge in [0.2, 0.25) is 0 Å². The summed E-state index contributed by atoms with van der Waals surface area (Å²) in [6.45, 7) is 8.42. The van der Waals surface area contributed by atoms with Crippen LogP contribution in [0.15, 0.2) is 11.0 Å². The Hall–Kier alpha value is 0.0374. The summed E-state index contributed by atoms with van der Waals surface area (Å²) >= 11 is 5.24. The Bertz CT molecular complexity index is 266. The molecule has 0 fully saturated rings. The van der Waals surface area contributed by atoms with Gasteiger partial charge in [-0.3, -0.25) is 0 Å². The minimum absolute atomic E-state index is 0. The minimum Gasteiger partial charge on any atom is -0.779 e. The summed E-state index contributed by atoms with van der Waals surface area (Å²) < 4.78 is 0. The zero-order valence-corrected chi connectivity index (χ0v) is 9.30. The van der Waals surface area contributed by atoms with Gasteiger partial charge in [-0.05, 0) is 38.8 Å². The third-order valence-electron chi connectivity index (χ3n) is 2.29. The summed E-state index contributed by atoms with van der Waals surface area (Å²) in [5, 5.41) is 0. The number of hydrogen-bond acceptors (Lipinski definition) is 1. The predicted molar refractivity (Wildman–Crippen MR) is 51.0 cm³/mol. The Kier molecular flexibility index (Phi) is 4.34. The first kappa shape index (κ1) is 12.0. The van der Waals surface area contributed by atoms with Gasteiger partial charge in [-0.25, -0.2) is 0 Å². The van der Waals surface area contributed by atoms with Crippen molar-refractivity contribution >= 4 is 12.6 Å². The summed E-state index contributed by atoms with van der Waals surface area (Å²) in [5.41, 5.74) is 5.16. The van der Waals surface area contributed by atoms with Crippen LogP contribution in [0, 0.1) is 27.7 Å². The first-order valence-electron chi connectivity index (χ1n) is 3.78. The number of aryl methyl sites for hydroxylation is 2. The smallest absolute Gasteiger partial charge is 0.779 e. The molecule has 60 valence electrons. The van der Waals surface area contributed by atoms with Crippen LogP contribution in [0.25, 0.3) is 0 Å². The van der Waals surface area contributed by atoms with Crippen LogP contribution in [-0.2, 0) is 12.6 Å². The summed E-state index contributed by atoms with van der Waals surface area (Å²) in [4.78, 5) is 1.02. The van der Waals surface area contributed by atoms with E-state index < -0.39 is 0 Å². The second-order valence-electron chi connectivity index (χ2n) is 3.09. The molecule has 0 atom stereocenters. The Morgan fingerprint density at radius 1 is 0.917 bits per heavy atom. The summed E-state index contributed by atoms with van der Waals surface area (Å²) in [5.74, 6) is 0. The van der Waals surface area contributed by atoms with Crippen LogP contribution in [0.4, 0.5) is 0 Å². The molecular formula is C10H13LiS. The molecule has 0 heterocycles. The molecule has 1 aromatic carbocycles. The molecule has 0 aromatic heterocycles. The molecule has 0 aliphatic heterocycles. The van der Waals surface area contributed by atoms with E-state index in [1.54, 1.807) is 0 Å². The van der Waals surface area contributed by atoms with Gasteiger partial charge in [-0.2, -0.15) is 4.90 Å². The fourth-order valence-corrected chi connectivity index (χ4v) is 1.47. The zero-order chi connectivity index (χ0) is 8.59. The molecule has 0 spiro atoms. The monoisotopic (exact) mass is 172 g/mol. The Balaban J connectivity index is 0.00000121. The SMILES string of the molecule is Cc1cc(C)c([S-])c(C)c1C.[Li+]. The number of benzene rings is 1. The van der Waals surface area contributed by atoms with Crippen LogP contribution in [-0.4, -0.2) is 0 Å². The second-order valence-corrected chi connectivity index (χ2v) is 3.50. The largest absolute Gasteiger partial charge is 1.00 e. The third kappa shape index (κ3) is 2.04. The van der Waals surface area contributed by atoms with Crippen molar-refractivity contribution in [2.45, 2.75) is 32.6 Å². The molecule has 0 aliphatic carbocycles. The van der Waals surface area contributed by atoms with Gasteiger partial charge in [-0.1, -0.05) is 17.2 Å². The van der Waals surface area contributed by atoms with Crippen molar-refractivity contribution in [2.24, 2.45) is 0 Å². The topological polar surface area (TPSA) is 0 Å². The maximum absolute atomic E-state index is 5.24. The molecule has 0 amide bonds. The van der Waals surface area contributed by atoms with Gasteiger partial charge < -0.3 is 12.6 Å². The number of hydrogen-bond donors (Lipinski definition) is 0. The third-order valence-corrected chi connectivity index (χ3v) is 2.91. The fourth-order valence-electron chi connectivity index (χ4n) is 1.26. The summed E-state index contributed by atoms with van der Waals surface area (Å²) in [6, 6.07) is 2.16. The minimum atomic E-state index is 0. The molecule has 0 aliphatic rings. The van der Waals surface area contributed by atoms with Gasteiger partial charge in [0, 0.05) is 0 Å². The molecular weight excluding hydrogens is 159 g/mol. The van der Waals surface area contributed by atoms with Crippen LogP contribution in [0.1, 0.15) is 22.3 Å². The van der Waals surface area contributed by atoms with Gasteiger partial charge in [0.25, 0.3) is 0 Å². The maximum atomic E-state index is 5.24. The molecule has 2 heteroatoms. The van der Waals surface area contributed by atoms with Crippen molar-refractivity contribution in [1.82, 2.24) is 0 Å². The Labute approximate surface area is 92.3 Å². The van der Waals surface area contributed by atoms with Gasteiger partial charge in [0.05, 0.1) is 0 Å². The molecule has 12 heavy (non-hydrogen) atoms. The summed E-state index contributed by atoms with van der Waals surface area (Å²) in [7, 11) is 0. The Morgan fingerprint density at radius 2 is 1.42 bits per heavy atom. The average molecular weight is 172 g/mol. The van der Waals surface area contributed by atoms with Gasteiger partial charge in [0.1, 0.15) is 0 Å². The van der Waals surface area contributed by atoms with Crippen molar-refractivity contribution in [3.8, 4) is 0 Å². The average Bonchev–Trinajstić information content (AvgIpc) is 1.97. The number of rotatable bonds is 0. The first-order chi connectivity index (χ1) is 5.04.